The van der Waals surface area contributed by atoms with Crippen LogP contribution in [-0.2, 0) is 6.42 Å². The summed E-state index contributed by atoms with van der Waals surface area (Å²) in [5, 5.41) is 20.2. The Kier molecular flexibility index (Phi) is 3.76. The van der Waals surface area contributed by atoms with Crippen LogP contribution in [0, 0.1) is 17.0 Å². The van der Waals surface area contributed by atoms with Crippen LogP contribution in [0.3, 0.4) is 0 Å². The Morgan fingerprint density at radius 3 is 2.80 bits per heavy atom. The number of rotatable bonds is 4. The maximum Gasteiger partial charge on any atom is 0.275 e. The number of hydrogen-bond acceptors (Lipinski definition) is 4. The summed E-state index contributed by atoms with van der Waals surface area (Å²) in [6, 6.07) is 5.06. The number of aliphatic hydroxyl groups is 1. The van der Waals surface area contributed by atoms with Crippen molar-refractivity contribution in [3.63, 3.8) is 0 Å². The van der Waals surface area contributed by atoms with Gasteiger partial charge in [0.1, 0.15) is 0 Å². The summed E-state index contributed by atoms with van der Waals surface area (Å²) in [5.41, 5.74) is 6.46. The largest absolute Gasteiger partial charge is 0.391 e. The van der Waals surface area contributed by atoms with E-state index in [0.717, 1.165) is 0 Å². The first-order valence-electron chi connectivity index (χ1n) is 4.67. The third-order valence-electron chi connectivity index (χ3n) is 2.23. The molecule has 0 saturated heterocycles. The van der Waals surface area contributed by atoms with Gasteiger partial charge < -0.3 is 10.8 Å². The van der Waals surface area contributed by atoms with Crippen LogP contribution in [0.1, 0.15) is 11.1 Å². The molecule has 1 aromatic carbocycles. The van der Waals surface area contributed by atoms with Crippen molar-refractivity contribution >= 4 is 5.69 Å². The summed E-state index contributed by atoms with van der Waals surface area (Å²) < 4.78 is 0. The standard InChI is InChI=1S/C10H14N2O3/c1-7-3-2-4-8(5-9(13)6-11)10(7)12(14)15/h2-4,9,13H,5-6,11H2,1H3. The molecule has 15 heavy (non-hydrogen) atoms. The quantitative estimate of drug-likeness (QED) is 0.567. The van der Waals surface area contributed by atoms with Crippen LogP contribution < -0.4 is 5.73 Å². The molecular formula is C10H14N2O3. The Hall–Kier alpha value is -1.46. The topological polar surface area (TPSA) is 89.4 Å². The molecule has 0 saturated carbocycles. The van der Waals surface area contributed by atoms with Crippen LogP contribution in [0.4, 0.5) is 5.69 Å². The van der Waals surface area contributed by atoms with Gasteiger partial charge in [0.2, 0.25) is 0 Å². The van der Waals surface area contributed by atoms with Gasteiger partial charge in [0.15, 0.2) is 0 Å². The van der Waals surface area contributed by atoms with Crippen LogP contribution in [0.5, 0.6) is 0 Å². The van der Waals surface area contributed by atoms with Gasteiger partial charge in [-0.15, -0.1) is 0 Å². The summed E-state index contributed by atoms with van der Waals surface area (Å²) in [4.78, 5) is 10.4. The van der Waals surface area contributed by atoms with Crippen molar-refractivity contribution in [3.8, 4) is 0 Å². The average Bonchev–Trinajstić information content (AvgIpc) is 2.17. The van der Waals surface area contributed by atoms with Crippen molar-refractivity contribution < 1.29 is 10.0 Å². The van der Waals surface area contributed by atoms with Crippen molar-refractivity contribution in [2.75, 3.05) is 6.54 Å². The molecule has 0 aliphatic heterocycles. The second kappa shape index (κ2) is 4.86. The number of hydrogen-bond donors (Lipinski definition) is 2. The van der Waals surface area contributed by atoms with E-state index in [9.17, 15) is 15.2 Å². The molecule has 1 atom stereocenters. The third-order valence-corrected chi connectivity index (χ3v) is 2.23. The third kappa shape index (κ3) is 2.74. The Morgan fingerprint density at radius 2 is 2.27 bits per heavy atom. The highest BCUT2D eigenvalue weighted by Gasteiger charge is 2.18. The van der Waals surface area contributed by atoms with Gasteiger partial charge in [-0.05, 0) is 6.92 Å². The van der Waals surface area contributed by atoms with Gasteiger partial charge in [0.05, 0.1) is 11.0 Å². The SMILES string of the molecule is Cc1cccc(CC(O)CN)c1[N+](=O)[O-]. The summed E-state index contributed by atoms with van der Waals surface area (Å²) in [5.74, 6) is 0. The molecule has 0 aliphatic carbocycles. The Balaban J connectivity index is 3.06. The molecule has 5 heteroatoms. The number of nitrogens with two attached hydrogens (primary N) is 1. The normalized spacial score (nSPS) is 12.5. The van der Waals surface area contributed by atoms with Gasteiger partial charge in [-0.2, -0.15) is 0 Å². The minimum absolute atomic E-state index is 0.0741. The fourth-order valence-corrected chi connectivity index (χ4v) is 1.48. The Bertz CT molecular complexity index is 366. The van der Waals surface area contributed by atoms with Crippen LogP contribution in [0.2, 0.25) is 0 Å². The molecule has 0 radical (unpaired) electrons. The number of nitro groups is 1. The molecule has 0 aromatic heterocycles. The van der Waals surface area contributed by atoms with Gasteiger partial charge >= 0.3 is 0 Å². The number of aryl methyl sites for hydroxylation is 1. The van der Waals surface area contributed by atoms with Gasteiger partial charge in [-0.1, -0.05) is 18.2 Å². The van der Waals surface area contributed by atoms with Crippen LogP contribution in [-0.4, -0.2) is 22.7 Å². The summed E-state index contributed by atoms with van der Waals surface area (Å²) in [6.07, 6.45) is -0.514. The van der Waals surface area contributed by atoms with Crippen LogP contribution in [0.25, 0.3) is 0 Å². The second-order valence-electron chi connectivity index (χ2n) is 3.43. The maximum atomic E-state index is 10.8. The van der Waals surface area contributed by atoms with Crippen LogP contribution >= 0.6 is 0 Å². The van der Waals surface area contributed by atoms with E-state index in [-0.39, 0.29) is 18.7 Å². The number of nitrogens with zero attached hydrogens (tertiary/aromatic N) is 1. The highest BCUT2D eigenvalue weighted by atomic mass is 16.6. The first kappa shape index (κ1) is 11.6. The lowest BCUT2D eigenvalue weighted by atomic mass is 10.0. The number of aliphatic hydroxyl groups excluding tert-OH is 1. The van der Waals surface area contributed by atoms with Crippen molar-refractivity contribution in [1.29, 1.82) is 0 Å². The minimum Gasteiger partial charge on any atom is -0.391 e. The monoisotopic (exact) mass is 210 g/mol. The first-order chi connectivity index (χ1) is 7.06. The lowest BCUT2D eigenvalue weighted by molar-refractivity contribution is -0.386. The number of nitro benzene ring substituents is 1. The molecule has 0 aliphatic rings. The van der Waals surface area contributed by atoms with Gasteiger partial charge in [0, 0.05) is 24.1 Å². The average molecular weight is 210 g/mol. The van der Waals surface area contributed by atoms with Crippen molar-refractivity contribution in [3.05, 3.63) is 39.4 Å². The van der Waals surface area contributed by atoms with Gasteiger partial charge in [-0.25, -0.2) is 0 Å². The predicted octanol–water partition coefficient (Wildman–Crippen LogP) is 0.765. The van der Waals surface area contributed by atoms with Gasteiger partial charge in [0.25, 0.3) is 5.69 Å². The van der Waals surface area contributed by atoms with E-state index in [1.165, 1.54) is 0 Å². The van der Waals surface area contributed by atoms with E-state index in [1.54, 1.807) is 25.1 Å². The van der Waals surface area contributed by atoms with E-state index in [0.29, 0.717) is 11.1 Å². The molecule has 1 rings (SSSR count). The minimum atomic E-state index is -0.731. The van der Waals surface area contributed by atoms with E-state index in [4.69, 9.17) is 5.73 Å². The van der Waals surface area contributed by atoms with E-state index < -0.39 is 11.0 Å². The number of para-hydroxylation sites is 1. The first-order valence-corrected chi connectivity index (χ1v) is 4.67. The molecule has 1 aromatic rings. The van der Waals surface area contributed by atoms with E-state index >= 15 is 0 Å². The molecule has 0 fully saturated rings. The zero-order chi connectivity index (χ0) is 11.4. The van der Waals surface area contributed by atoms with E-state index in [2.05, 4.69) is 0 Å². The highest BCUT2D eigenvalue weighted by Crippen LogP contribution is 2.23. The number of benzene rings is 1. The lowest BCUT2D eigenvalue weighted by Gasteiger charge is -2.09. The Labute approximate surface area is 87.7 Å². The lowest BCUT2D eigenvalue weighted by Crippen LogP contribution is -2.22. The molecule has 3 N–H and O–H groups in total. The molecule has 0 spiro atoms. The van der Waals surface area contributed by atoms with Crippen LogP contribution in [0.15, 0.2) is 18.2 Å². The molecule has 0 bridgehead atoms. The highest BCUT2D eigenvalue weighted by molar-refractivity contribution is 5.47. The molecule has 0 amide bonds. The smallest absolute Gasteiger partial charge is 0.275 e. The molecule has 82 valence electrons. The molecule has 5 nitrogen and oxygen atoms in total. The van der Waals surface area contributed by atoms with Crippen molar-refractivity contribution in [1.82, 2.24) is 0 Å². The zero-order valence-electron chi connectivity index (χ0n) is 8.51. The molecule has 0 heterocycles. The van der Waals surface area contributed by atoms with Gasteiger partial charge in [-0.3, -0.25) is 10.1 Å². The molecular weight excluding hydrogens is 196 g/mol. The summed E-state index contributed by atoms with van der Waals surface area (Å²) >= 11 is 0. The fraction of sp³-hybridized carbons (Fsp3) is 0.400. The Morgan fingerprint density at radius 1 is 1.60 bits per heavy atom. The van der Waals surface area contributed by atoms with Crippen molar-refractivity contribution in [2.24, 2.45) is 5.73 Å². The fourth-order valence-electron chi connectivity index (χ4n) is 1.48. The summed E-state index contributed by atoms with van der Waals surface area (Å²) in [6.45, 7) is 1.78. The second-order valence-corrected chi connectivity index (χ2v) is 3.43. The maximum absolute atomic E-state index is 10.8. The zero-order valence-corrected chi connectivity index (χ0v) is 8.51. The predicted molar refractivity (Wildman–Crippen MR) is 56.6 cm³/mol. The summed E-state index contributed by atoms with van der Waals surface area (Å²) in [7, 11) is 0. The van der Waals surface area contributed by atoms with Crippen molar-refractivity contribution in [2.45, 2.75) is 19.4 Å². The van der Waals surface area contributed by atoms with E-state index in [1.807, 2.05) is 0 Å². The molecule has 1 unspecified atom stereocenters.